The Morgan fingerprint density at radius 2 is 2.25 bits per heavy atom. The molecule has 7 heteroatoms. The van der Waals surface area contributed by atoms with E-state index >= 15 is 0 Å². The van der Waals surface area contributed by atoms with Crippen molar-refractivity contribution < 1.29 is 14.7 Å². The summed E-state index contributed by atoms with van der Waals surface area (Å²) in [5, 5.41) is 11.1. The first kappa shape index (κ1) is 12.4. The van der Waals surface area contributed by atoms with Gasteiger partial charge in [-0.3, -0.25) is 14.6 Å². The highest BCUT2D eigenvalue weighted by molar-refractivity contribution is 6.29. The molecule has 0 aliphatic carbocycles. The molecule has 6 nitrogen and oxygen atoms in total. The number of hydrogen-bond donors (Lipinski definition) is 2. The van der Waals surface area contributed by atoms with E-state index in [0.29, 0.717) is 0 Å². The fraction of sp³-hybridized carbons (Fsp3) is 0.333. The van der Waals surface area contributed by atoms with Gasteiger partial charge in [0.2, 0.25) is 0 Å². The van der Waals surface area contributed by atoms with E-state index in [9.17, 15) is 9.59 Å². The summed E-state index contributed by atoms with van der Waals surface area (Å²) in [5.74, 6) is -1.48. The van der Waals surface area contributed by atoms with E-state index in [-0.39, 0.29) is 17.3 Å². The highest BCUT2D eigenvalue weighted by atomic mass is 35.5. The van der Waals surface area contributed by atoms with Gasteiger partial charge in [-0.05, 0) is 6.92 Å². The summed E-state index contributed by atoms with van der Waals surface area (Å²) < 4.78 is 0. The van der Waals surface area contributed by atoms with E-state index in [1.165, 1.54) is 12.4 Å². The second kappa shape index (κ2) is 5.41. The van der Waals surface area contributed by atoms with Crippen molar-refractivity contribution >= 4 is 23.5 Å². The number of aliphatic carboxylic acids is 1. The van der Waals surface area contributed by atoms with E-state index in [1.54, 1.807) is 6.92 Å². The molecule has 0 fully saturated rings. The van der Waals surface area contributed by atoms with Crippen LogP contribution in [0.15, 0.2) is 12.4 Å². The maximum absolute atomic E-state index is 11.5. The van der Waals surface area contributed by atoms with Crippen LogP contribution in [0.3, 0.4) is 0 Å². The molecular weight excluding hydrogens is 234 g/mol. The molecule has 0 saturated carbocycles. The highest BCUT2D eigenvalue weighted by Crippen LogP contribution is 2.03. The van der Waals surface area contributed by atoms with Crippen LogP contribution in [0.2, 0.25) is 5.15 Å². The number of halogens is 1. The Kier molecular flexibility index (Phi) is 4.19. The monoisotopic (exact) mass is 243 g/mol. The van der Waals surface area contributed by atoms with Crippen molar-refractivity contribution in [3.8, 4) is 0 Å². The average molecular weight is 244 g/mol. The third-order valence-corrected chi connectivity index (χ3v) is 1.88. The molecule has 1 atom stereocenters. The van der Waals surface area contributed by atoms with Crippen LogP contribution in [0, 0.1) is 0 Å². The molecule has 1 heterocycles. The van der Waals surface area contributed by atoms with E-state index in [4.69, 9.17) is 16.7 Å². The number of nitrogens with one attached hydrogen (secondary N) is 1. The maximum Gasteiger partial charge on any atom is 0.305 e. The second-order valence-electron chi connectivity index (χ2n) is 3.20. The van der Waals surface area contributed by atoms with Gasteiger partial charge in [-0.15, -0.1) is 0 Å². The molecule has 1 rings (SSSR count). The fourth-order valence-electron chi connectivity index (χ4n) is 1.06. The smallest absolute Gasteiger partial charge is 0.305 e. The number of amides is 1. The van der Waals surface area contributed by atoms with Crippen molar-refractivity contribution in [3.05, 3.63) is 23.2 Å². The van der Waals surface area contributed by atoms with Gasteiger partial charge in [-0.1, -0.05) is 11.6 Å². The summed E-state index contributed by atoms with van der Waals surface area (Å²) >= 11 is 5.56. The van der Waals surface area contributed by atoms with Crippen molar-refractivity contribution in [1.29, 1.82) is 0 Å². The van der Waals surface area contributed by atoms with Gasteiger partial charge in [0.15, 0.2) is 0 Å². The molecule has 0 radical (unpaired) electrons. The zero-order valence-corrected chi connectivity index (χ0v) is 9.23. The van der Waals surface area contributed by atoms with Crippen LogP contribution in [-0.4, -0.2) is 33.0 Å². The number of carboxylic acid groups (broad SMARTS) is 1. The third-order valence-electron chi connectivity index (χ3n) is 1.70. The zero-order chi connectivity index (χ0) is 12.1. The van der Waals surface area contributed by atoms with Crippen LogP contribution >= 0.6 is 11.6 Å². The van der Waals surface area contributed by atoms with Crippen LogP contribution in [0.5, 0.6) is 0 Å². The quantitative estimate of drug-likeness (QED) is 0.813. The fourth-order valence-corrected chi connectivity index (χ4v) is 1.21. The van der Waals surface area contributed by atoms with Crippen LogP contribution in [-0.2, 0) is 4.79 Å². The van der Waals surface area contributed by atoms with Crippen LogP contribution in [0.25, 0.3) is 0 Å². The summed E-state index contributed by atoms with van der Waals surface area (Å²) in [6.07, 6.45) is 2.41. The van der Waals surface area contributed by atoms with Gasteiger partial charge in [0, 0.05) is 6.04 Å². The van der Waals surface area contributed by atoms with Crippen LogP contribution < -0.4 is 5.32 Å². The summed E-state index contributed by atoms with van der Waals surface area (Å²) in [5.41, 5.74) is 0.0599. The van der Waals surface area contributed by atoms with E-state index < -0.39 is 17.9 Å². The molecule has 86 valence electrons. The predicted molar refractivity (Wildman–Crippen MR) is 56.2 cm³/mol. The molecule has 1 aromatic rings. The molecular formula is C9H10ClN3O3. The molecule has 2 N–H and O–H groups in total. The molecule has 1 unspecified atom stereocenters. The number of rotatable bonds is 4. The number of hydrogen-bond acceptors (Lipinski definition) is 4. The van der Waals surface area contributed by atoms with Crippen molar-refractivity contribution in [2.75, 3.05) is 0 Å². The van der Waals surface area contributed by atoms with Gasteiger partial charge in [0.25, 0.3) is 5.91 Å². The third kappa shape index (κ3) is 3.82. The first-order chi connectivity index (χ1) is 7.49. The Hall–Kier alpha value is -1.69. The minimum absolute atomic E-state index is 0.0599. The molecule has 0 aromatic carbocycles. The molecule has 0 aliphatic heterocycles. The Labute approximate surface area is 96.7 Å². The van der Waals surface area contributed by atoms with Crippen LogP contribution in [0.4, 0.5) is 0 Å². The van der Waals surface area contributed by atoms with E-state index in [0.717, 1.165) is 0 Å². The van der Waals surface area contributed by atoms with Crippen LogP contribution in [0.1, 0.15) is 23.8 Å². The van der Waals surface area contributed by atoms with Gasteiger partial charge in [0.05, 0.1) is 18.8 Å². The van der Waals surface area contributed by atoms with Gasteiger partial charge in [0.1, 0.15) is 10.8 Å². The minimum Gasteiger partial charge on any atom is -0.481 e. The molecule has 0 bridgehead atoms. The van der Waals surface area contributed by atoms with Gasteiger partial charge >= 0.3 is 5.97 Å². The normalized spacial score (nSPS) is 11.9. The lowest BCUT2D eigenvalue weighted by atomic mass is 10.2. The lowest BCUT2D eigenvalue weighted by Crippen LogP contribution is -2.34. The van der Waals surface area contributed by atoms with Crippen molar-refractivity contribution in [3.63, 3.8) is 0 Å². The number of carboxylic acids is 1. The molecule has 0 saturated heterocycles. The molecule has 16 heavy (non-hydrogen) atoms. The van der Waals surface area contributed by atoms with Crippen molar-refractivity contribution in [1.82, 2.24) is 15.3 Å². The Bertz CT molecular complexity index is 411. The highest BCUT2D eigenvalue weighted by Gasteiger charge is 2.13. The van der Waals surface area contributed by atoms with Gasteiger partial charge in [-0.2, -0.15) is 0 Å². The number of carbonyl (C=O) groups is 2. The Morgan fingerprint density at radius 1 is 1.56 bits per heavy atom. The predicted octanol–water partition coefficient (Wildman–Crippen LogP) is 0.723. The summed E-state index contributed by atoms with van der Waals surface area (Å²) in [6.45, 7) is 1.59. The summed E-state index contributed by atoms with van der Waals surface area (Å²) in [7, 11) is 0. The molecule has 1 amide bonds. The Morgan fingerprint density at radius 3 is 2.81 bits per heavy atom. The topological polar surface area (TPSA) is 92.2 Å². The number of nitrogens with zero attached hydrogens (tertiary/aromatic N) is 2. The van der Waals surface area contributed by atoms with Gasteiger partial charge in [-0.25, -0.2) is 4.98 Å². The standard InChI is InChI=1S/C9H10ClN3O3/c1-5(2-8(14)15)12-9(16)6-3-11-4-7(10)13-6/h3-5H,2H2,1H3,(H,12,16)(H,14,15). The summed E-state index contributed by atoms with van der Waals surface area (Å²) in [4.78, 5) is 29.4. The minimum atomic E-state index is -0.982. The lowest BCUT2D eigenvalue weighted by Gasteiger charge is -2.10. The SMILES string of the molecule is CC(CC(=O)O)NC(=O)c1cncc(Cl)n1. The Balaban J connectivity index is 2.62. The number of aromatic nitrogens is 2. The van der Waals surface area contributed by atoms with Crippen molar-refractivity contribution in [2.24, 2.45) is 0 Å². The number of carbonyl (C=O) groups excluding carboxylic acids is 1. The first-order valence-electron chi connectivity index (χ1n) is 4.49. The van der Waals surface area contributed by atoms with E-state index in [2.05, 4.69) is 15.3 Å². The average Bonchev–Trinajstić information content (AvgIpc) is 2.16. The summed E-state index contributed by atoms with van der Waals surface area (Å²) in [6, 6.07) is -0.481. The maximum atomic E-state index is 11.5. The molecule has 0 spiro atoms. The molecule has 1 aromatic heterocycles. The second-order valence-corrected chi connectivity index (χ2v) is 3.59. The largest absolute Gasteiger partial charge is 0.481 e. The van der Waals surface area contributed by atoms with Gasteiger partial charge < -0.3 is 10.4 Å². The zero-order valence-electron chi connectivity index (χ0n) is 8.48. The van der Waals surface area contributed by atoms with E-state index in [1.807, 2.05) is 0 Å². The lowest BCUT2D eigenvalue weighted by molar-refractivity contribution is -0.137. The molecule has 0 aliphatic rings. The van der Waals surface area contributed by atoms with Crippen molar-refractivity contribution in [2.45, 2.75) is 19.4 Å². The first-order valence-corrected chi connectivity index (χ1v) is 4.87.